The number of esters is 11. The van der Waals surface area contributed by atoms with Gasteiger partial charge in [0, 0.05) is 76.9 Å². The highest BCUT2D eigenvalue weighted by Gasteiger charge is 2.54. The lowest BCUT2D eigenvalue weighted by molar-refractivity contribution is -0.170. The fraction of sp³-hybridized carbons (Fsp3) is 0.420. The van der Waals surface area contributed by atoms with Crippen LogP contribution in [0.25, 0.3) is 0 Å². The Morgan fingerprint density at radius 3 is 1.30 bits per heavy atom. The fourth-order valence-corrected chi connectivity index (χ4v) is 7.12. The van der Waals surface area contributed by atoms with Gasteiger partial charge in [0.25, 0.3) is 0 Å². The predicted molar refractivity (Wildman–Crippen MR) is 255 cm³/mol. The number of benzene rings is 3. The van der Waals surface area contributed by atoms with E-state index >= 15 is 0 Å². The molecule has 5 rings (SSSR count). The van der Waals surface area contributed by atoms with Gasteiger partial charge in [-0.3, -0.25) is 52.8 Å². The van der Waals surface area contributed by atoms with Gasteiger partial charge in [0.1, 0.15) is 48.4 Å². The van der Waals surface area contributed by atoms with E-state index in [-0.39, 0.29) is 83.1 Å². The smallest absolute Gasteiger partial charge is 0.340 e. The first-order valence-electron chi connectivity index (χ1n) is 23.4. The summed E-state index contributed by atoms with van der Waals surface area (Å²) in [6.45, 7) is -0.710. The maximum atomic E-state index is 14.5. The second-order valence-corrected chi connectivity index (χ2v) is 16.3. The second kappa shape index (κ2) is 29.3. The number of hydrogen-bond donors (Lipinski definition) is 0. The third-order valence-electron chi connectivity index (χ3n) is 10.5. The molecule has 29 heteroatoms. The Morgan fingerprint density at radius 2 is 0.873 bits per heavy atom. The Labute approximate surface area is 448 Å². The molecule has 0 N–H and O–H groups in total. The lowest BCUT2D eigenvalue weighted by atomic mass is 9.77. The molecule has 0 unspecified atom stereocenters. The molecule has 0 saturated heterocycles. The van der Waals surface area contributed by atoms with Crippen LogP contribution in [-0.4, -0.2) is 164 Å². The Bertz CT molecular complexity index is 2640. The number of ether oxygens (including phenoxy) is 16. The van der Waals surface area contributed by atoms with Crippen molar-refractivity contribution < 1.29 is 129 Å². The van der Waals surface area contributed by atoms with E-state index < -0.39 is 138 Å². The van der Waals surface area contributed by atoms with Crippen molar-refractivity contribution in [2.24, 2.45) is 0 Å². The van der Waals surface area contributed by atoms with E-state index in [1.54, 1.807) is 0 Å². The number of anilines is 1. The monoisotopic (exact) mass is 1110 g/mol. The van der Waals surface area contributed by atoms with Crippen molar-refractivity contribution in [2.75, 3.05) is 98.2 Å². The minimum atomic E-state index is -1.88. The van der Waals surface area contributed by atoms with Gasteiger partial charge in [-0.15, -0.1) is 0 Å². The van der Waals surface area contributed by atoms with Crippen LogP contribution in [0.5, 0.6) is 28.7 Å². The van der Waals surface area contributed by atoms with Crippen molar-refractivity contribution in [3.05, 3.63) is 70.8 Å². The number of rotatable bonds is 30. The van der Waals surface area contributed by atoms with Crippen LogP contribution >= 0.6 is 0 Å². The minimum Gasteiger partial charge on any atom is -0.489 e. The van der Waals surface area contributed by atoms with Crippen LogP contribution < -0.4 is 23.8 Å². The summed E-state index contributed by atoms with van der Waals surface area (Å²) < 4.78 is 84.7. The van der Waals surface area contributed by atoms with Crippen LogP contribution in [0.15, 0.2) is 48.5 Å². The molecular weight excluding hydrogens is 1060 g/mol. The molecule has 29 nitrogen and oxygen atoms in total. The molecule has 2 aliphatic rings. The molecule has 2 aliphatic heterocycles. The molecule has 0 atom stereocenters. The molecule has 0 aliphatic carbocycles. The lowest BCUT2D eigenvalue weighted by Gasteiger charge is -2.37. The third-order valence-corrected chi connectivity index (χ3v) is 10.5. The van der Waals surface area contributed by atoms with E-state index in [1.165, 1.54) is 67.3 Å². The second-order valence-electron chi connectivity index (χ2n) is 16.3. The zero-order chi connectivity index (χ0) is 57.6. The molecule has 0 aromatic heterocycles. The molecule has 0 saturated carbocycles. The highest BCUT2D eigenvalue weighted by atomic mass is 16.7. The first kappa shape index (κ1) is 60.6. The predicted octanol–water partition coefficient (Wildman–Crippen LogP) is 1.81. The number of nitrogens with zero attached hydrogens (tertiary/aromatic N) is 2. The van der Waals surface area contributed by atoms with Gasteiger partial charge in [-0.25, -0.2) is 4.79 Å². The summed E-state index contributed by atoms with van der Waals surface area (Å²) in [6.07, 6.45) is 0. The summed E-state index contributed by atoms with van der Waals surface area (Å²) >= 11 is 0. The van der Waals surface area contributed by atoms with Gasteiger partial charge in [-0.05, 0) is 36.4 Å². The normalized spacial score (nSPS) is 12.1. The average molecular weight is 1110 g/mol. The molecule has 3 aromatic rings. The molecule has 79 heavy (non-hydrogen) atoms. The van der Waals surface area contributed by atoms with Gasteiger partial charge in [0.15, 0.2) is 5.60 Å². The standard InChI is InChI=1S/C50H54N2O27/c1-29(53)66-23-72-35-7-9-38-42(15-35)78-43-16-36(73-24-67-30(2)54)8-10-39(43)50(38)40-18-44(65-14-13-64-12-11-51(19-45(59)74-25-68-31(3)55)20-46(60)75-26-69-32(4)56)41(17-37(40)49(63)79-50)52(21-47(61)76-27-70-33(5)57)22-48(62)77-28-71-34(6)58/h7-10,15-18H,11-14,19-28H2,1-6H3. The minimum absolute atomic E-state index is 0.0718. The van der Waals surface area contributed by atoms with Gasteiger partial charge in [-0.1, -0.05) is 0 Å². The van der Waals surface area contributed by atoms with E-state index in [2.05, 4.69) is 9.47 Å². The van der Waals surface area contributed by atoms with Crippen LogP contribution in [0.2, 0.25) is 0 Å². The van der Waals surface area contributed by atoms with Crippen LogP contribution in [0.4, 0.5) is 5.69 Å². The first-order chi connectivity index (χ1) is 37.6. The third kappa shape index (κ3) is 18.5. The largest absolute Gasteiger partial charge is 0.489 e. The molecule has 0 fully saturated rings. The number of carbonyl (C=O) groups is 11. The molecule has 0 bridgehead atoms. The molecule has 2 heterocycles. The van der Waals surface area contributed by atoms with Gasteiger partial charge in [0.05, 0.1) is 37.6 Å². The zero-order valence-electron chi connectivity index (χ0n) is 43.4. The fourth-order valence-electron chi connectivity index (χ4n) is 7.12. The SMILES string of the molecule is CC(=O)OCOC(=O)CN(CCOCCOc1cc2c(cc1N(CC(=O)OCOC(C)=O)CC(=O)OCOC(C)=O)C(=O)OC21c2ccc(OCOC(C)=O)cc2Oc2cc(OCOC(C)=O)ccc21)CC(=O)OCOC(C)=O. The van der Waals surface area contributed by atoms with Gasteiger partial charge in [-0.2, -0.15) is 0 Å². The van der Waals surface area contributed by atoms with E-state index in [0.29, 0.717) is 0 Å². The number of fused-ring (bicyclic) bond motifs is 6. The van der Waals surface area contributed by atoms with E-state index in [0.717, 1.165) is 32.6 Å². The summed E-state index contributed by atoms with van der Waals surface area (Å²) in [5.41, 5.74) is -1.55. The van der Waals surface area contributed by atoms with Gasteiger partial charge >= 0.3 is 65.7 Å². The van der Waals surface area contributed by atoms with Crippen LogP contribution in [0.3, 0.4) is 0 Å². The van der Waals surface area contributed by atoms with E-state index in [9.17, 15) is 52.7 Å². The average Bonchev–Trinajstić information content (AvgIpc) is 3.20. The first-order valence-corrected chi connectivity index (χ1v) is 23.4. The zero-order valence-corrected chi connectivity index (χ0v) is 43.4. The van der Waals surface area contributed by atoms with Crippen molar-refractivity contribution in [1.82, 2.24) is 4.90 Å². The maximum absolute atomic E-state index is 14.5. The Kier molecular flexibility index (Phi) is 22.5. The quantitative estimate of drug-likeness (QED) is 0.0397. The lowest BCUT2D eigenvalue weighted by Crippen LogP contribution is -2.39. The van der Waals surface area contributed by atoms with Crippen LogP contribution in [0, 0.1) is 0 Å². The van der Waals surface area contributed by atoms with E-state index in [1.807, 2.05) is 0 Å². The van der Waals surface area contributed by atoms with Crippen molar-refractivity contribution in [1.29, 1.82) is 0 Å². The van der Waals surface area contributed by atoms with Crippen molar-refractivity contribution in [3.63, 3.8) is 0 Å². The summed E-state index contributed by atoms with van der Waals surface area (Å²) in [4.78, 5) is 137. The molecular formula is C50H54N2O27. The summed E-state index contributed by atoms with van der Waals surface area (Å²) in [6, 6.07) is 11.6. The highest BCUT2D eigenvalue weighted by molar-refractivity contribution is 5.99. The van der Waals surface area contributed by atoms with E-state index in [4.69, 9.17) is 66.3 Å². The molecule has 0 radical (unpaired) electrons. The number of carbonyl (C=O) groups excluding carboxylic acids is 11. The topological polar surface area (TPSA) is 342 Å². The van der Waals surface area contributed by atoms with Crippen molar-refractivity contribution in [2.45, 2.75) is 47.1 Å². The summed E-state index contributed by atoms with van der Waals surface area (Å²) in [5, 5.41) is 0. The molecule has 0 amide bonds. The molecule has 3 aromatic carbocycles. The highest BCUT2D eigenvalue weighted by Crippen LogP contribution is 2.58. The Balaban J connectivity index is 1.55. The van der Waals surface area contributed by atoms with Crippen molar-refractivity contribution in [3.8, 4) is 28.7 Å². The van der Waals surface area contributed by atoms with Gasteiger partial charge < -0.3 is 80.7 Å². The van der Waals surface area contributed by atoms with Gasteiger partial charge in [0.2, 0.25) is 40.8 Å². The van der Waals surface area contributed by atoms with Crippen molar-refractivity contribution >= 4 is 71.3 Å². The Hall–Kier alpha value is -9.25. The van der Waals surface area contributed by atoms with Crippen LogP contribution in [0.1, 0.15) is 68.6 Å². The molecule has 426 valence electrons. The van der Waals surface area contributed by atoms with Crippen LogP contribution in [-0.2, 0) is 110 Å². The Morgan fingerprint density at radius 1 is 0.456 bits per heavy atom. The summed E-state index contributed by atoms with van der Waals surface area (Å²) in [7, 11) is 0. The molecule has 1 spiro atoms. The number of hydrogen-bond acceptors (Lipinski definition) is 29. The summed E-state index contributed by atoms with van der Waals surface area (Å²) in [5.74, 6) is -8.73. The maximum Gasteiger partial charge on any atom is 0.340 e.